The van der Waals surface area contributed by atoms with Crippen LogP contribution in [0.25, 0.3) is 0 Å². The summed E-state index contributed by atoms with van der Waals surface area (Å²) in [6, 6.07) is 0. The molecule has 2 fully saturated rings. The largest absolute Gasteiger partial charge is 0.365 e. The standard InChI is InChI=1S/C12H18N4O2/c1-11(2)7-4-5-12(11,3)8(6-7)15-16-9(17)13-14-10(16)18/h7H,4-6H2,1-3H3,(H,13,17)(H,14,18)/t7-,12+/m0/s1. The number of hydrogen-bond acceptors (Lipinski definition) is 3. The van der Waals surface area contributed by atoms with Crippen molar-refractivity contribution in [2.75, 3.05) is 0 Å². The molecule has 0 saturated heterocycles. The Hall–Kier alpha value is -1.59. The molecule has 3 rings (SSSR count). The molecule has 0 amide bonds. The van der Waals surface area contributed by atoms with E-state index < -0.39 is 11.4 Å². The number of fused-ring (bicyclic) bond motifs is 2. The Morgan fingerprint density at radius 3 is 2.28 bits per heavy atom. The molecule has 2 N–H and O–H groups in total. The summed E-state index contributed by atoms with van der Waals surface area (Å²) in [5.74, 6) is 0.606. The highest BCUT2D eigenvalue weighted by molar-refractivity contribution is 5.94. The molecule has 6 heteroatoms. The number of hydrogen-bond donors (Lipinski definition) is 2. The van der Waals surface area contributed by atoms with Crippen molar-refractivity contribution >= 4 is 5.71 Å². The summed E-state index contributed by atoms with van der Waals surface area (Å²) in [5, 5.41) is 8.82. The summed E-state index contributed by atoms with van der Waals surface area (Å²) >= 11 is 0. The molecule has 0 radical (unpaired) electrons. The lowest BCUT2D eigenvalue weighted by molar-refractivity contribution is 0.193. The van der Waals surface area contributed by atoms with E-state index in [1.54, 1.807) is 0 Å². The number of H-pyrrole nitrogens is 2. The van der Waals surface area contributed by atoms with Gasteiger partial charge in [-0.15, -0.1) is 4.68 Å². The molecule has 18 heavy (non-hydrogen) atoms. The normalized spacial score (nSPS) is 35.5. The molecule has 0 spiro atoms. The second kappa shape index (κ2) is 3.24. The second-order valence-corrected chi connectivity index (χ2v) is 6.21. The van der Waals surface area contributed by atoms with Crippen molar-refractivity contribution in [1.82, 2.24) is 14.9 Å². The lowest BCUT2D eigenvalue weighted by atomic mass is 9.70. The van der Waals surface area contributed by atoms with Gasteiger partial charge in [0.2, 0.25) is 0 Å². The lowest BCUT2D eigenvalue weighted by Crippen LogP contribution is -2.34. The van der Waals surface area contributed by atoms with Crippen LogP contribution in [-0.2, 0) is 0 Å². The SMILES string of the molecule is CC1(C)[C@H]2CC[C@]1(C)C(=Nn1c(=O)[nH][nH]c1=O)C2. The minimum atomic E-state index is -0.503. The number of rotatable bonds is 1. The minimum Gasteiger partial charge on any atom is -0.246 e. The molecule has 98 valence electrons. The fraction of sp³-hybridized carbons (Fsp3) is 0.750. The molecular weight excluding hydrogens is 232 g/mol. The Balaban J connectivity index is 2.11. The van der Waals surface area contributed by atoms with Crippen LogP contribution >= 0.6 is 0 Å². The van der Waals surface area contributed by atoms with Gasteiger partial charge < -0.3 is 0 Å². The predicted molar refractivity (Wildman–Crippen MR) is 67.7 cm³/mol. The van der Waals surface area contributed by atoms with E-state index in [4.69, 9.17) is 0 Å². The molecule has 2 saturated carbocycles. The minimum absolute atomic E-state index is 0.000810. The van der Waals surface area contributed by atoms with Crippen LogP contribution in [0.15, 0.2) is 14.7 Å². The van der Waals surface area contributed by atoms with Crippen LogP contribution in [0.1, 0.15) is 40.0 Å². The van der Waals surface area contributed by atoms with Gasteiger partial charge in [0.15, 0.2) is 0 Å². The average molecular weight is 250 g/mol. The third-order valence-electron chi connectivity index (χ3n) is 5.39. The highest BCUT2D eigenvalue weighted by atomic mass is 16.2. The first-order chi connectivity index (χ1) is 8.36. The van der Waals surface area contributed by atoms with Crippen LogP contribution in [0.2, 0.25) is 0 Å². The zero-order chi connectivity index (χ0) is 13.1. The molecule has 2 bridgehead atoms. The van der Waals surface area contributed by atoms with E-state index in [1.807, 2.05) is 0 Å². The molecule has 2 aliphatic rings. The van der Waals surface area contributed by atoms with E-state index in [9.17, 15) is 9.59 Å². The van der Waals surface area contributed by atoms with E-state index in [2.05, 4.69) is 36.1 Å². The van der Waals surface area contributed by atoms with Crippen molar-refractivity contribution < 1.29 is 0 Å². The Morgan fingerprint density at radius 2 is 1.83 bits per heavy atom. The smallest absolute Gasteiger partial charge is 0.246 e. The van der Waals surface area contributed by atoms with Gasteiger partial charge in [0.1, 0.15) is 0 Å². The molecule has 0 aliphatic heterocycles. The van der Waals surface area contributed by atoms with Gasteiger partial charge >= 0.3 is 11.4 Å². The highest BCUT2D eigenvalue weighted by Gasteiger charge is 2.60. The predicted octanol–water partition coefficient (Wildman–Crippen LogP) is 0.915. The molecule has 0 unspecified atom stereocenters. The third-order valence-corrected chi connectivity index (χ3v) is 5.39. The summed E-state index contributed by atoms with van der Waals surface area (Å²) in [5.41, 5.74) is 0.170. The summed E-state index contributed by atoms with van der Waals surface area (Å²) in [6.45, 7) is 6.72. The molecule has 0 aromatic carbocycles. The molecular formula is C12H18N4O2. The van der Waals surface area contributed by atoms with Crippen molar-refractivity contribution in [1.29, 1.82) is 0 Å². The van der Waals surface area contributed by atoms with Crippen molar-refractivity contribution in [3.05, 3.63) is 21.0 Å². The molecule has 1 aromatic rings. The van der Waals surface area contributed by atoms with E-state index >= 15 is 0 Å². The summed E-state index contributed by atoms with van der Waals surface area (Å²) in [6.07, 6.45) is 3.18. The fourth-order valence-corrected chi connectivity index (χ4v) is 3.60. The van der Waals surface area contributed by atoms with Gasteiger partial charge in [0.05, 0.1) is 0 Å². The Morgan fingerprint density at radius 1 is 1.22 bits per heavy atom. The van der Waals surface area contributed by atoms with Gasteiger partial charge in [-0.05, 0) is 30.6 Å². The van der Waals surface area contributed by atoms with Crippen LogP contribution in [-0.4, -0.2) is 20.6 Å². The van der Waals surface area contributed by atoms with Crippen molar-refractivity contribution in [3.63, 3.8) is 0 Å². The first-order valence-corrected chi connectivity index (χ1v) is 6.34. The van der Waals surface area contributed by atoms with Crippen LogP contribution in [0.4, 0.5) is 0 Å². The number of aromatic nitrogens is 3. The maximum Gasteiger partial charge on any atom is 0.365 e. The first-order valence-electron chi connectivity index (χ1n) is 6.34. The van der Waals surface area contributed by atoms with E-state index in [0.717, 1.165) is 23.2 Å². The van der Waals surface area contributed by atoms with Crippen molar-refractivity contribution in [2.24, 2.45) is 21.8 Å². The fourth-order valence-electron chi connectivity index (χ4n) is 3.60. The van der Waals surface area contributed by atoms with Crippen LogP contribution in [0, 0.1) is 16.7 Å². The number of aromatic amines is 2. The second-order valence-electron chi connectivity index (χ2n) is 6.21. The highest BCUT2D eigenvalue weighted by Crippen LogP contribution is 2.63. The van der Waals surface area contributed by atoms with Crippen LogP contribution in [0.5, 0.6) is 0 Å². The maximum atomic E-state index is 11.5. The zero-order valence-electron chi connectivity index (χ0n) is 10.9. The molecule has 6 nitrogen and oxygen atoms in total. The van der Waals surface area contributed by atoms with Gasteiger partial charge in [-0.1, -0.05) is 20.8 Å². The monoisotopic (exact) mass is 250 g/mol. The van der Waals surface area contributed by atoms with Gasteiger partial charge in [-0.2, -0.15) is 5.10 Å². The summed E-state index contributed by atoms with van der Waals surface area (Å²) < 4.78 is 0.900. The zero-order valence-corrected chi connectivity index (χ0v) is 10.9. The van der Waals surface area contributed by atoms with E-state index in [0.29, 0.717) is 5.92 Å². The first kappa shape index (κ1) is 11.5. The third kappa shape index (κ3) is 1.20. The molecule has 1 aromatic heterocycles. The Bertz CT molecular complexity index is 605. The van der Waals surface area contributed by atoms with Gasteiger partial charge in [-0.25, -0.2) is 19.8 Å². The number of nitrogens with one attached hydrogen (secondary N) is 2. The Labute approximate surface area is 104 Å². The lowest BCUT2D eigenvalue weighted by Gasteiger charge is -2.34. The van der Waals surface area contributed by atoms with E-state index in [1.165, 1.54) is 6.42 Å². The molecule has 2 atom stereocenters. The molecule has 1 heterocycles. The van der Waals surface area contributed by atoms with Gasteiger partial charge in [0, 0.05) is 11.1 Å². The average Bonchev–Trinajstić information content (AvgIpc) is 2.79. The molecule has 2 aliphatic carbocycles. The number of nitrogens with zero attached hydrogens (tertiary/aromatic N) is 2. The van der Waals surface area contributed by atoms with Crippen LogP contribution in [0.3, 0.4) is 0 Å². The topological polar surface area (TPSA) is 83.0 Å². The van der Waals surface area contributed by atoms with Crippen molar-refractivity contribution in [3.8, 4) is 0 Å². The van der Waals surface area contributed by atoms with Crippen molar-refractivity contribution in [2.45, 2.75) is 40.0 Å². The van der Waals surface area contributed by atoms with Crippen LogP contribution < -0.4 is 11.4 Å². The summed E-state index contributed by atoms with van der Waals surface area (Å²) in [7, 11) is 0. The maximum absolute atomic E-state index is 11.5. The summed E-state index contributed by atoms with van der Waals surface area (Å²) in [4.78, 5) is 22.9. The van der Waals surface area contributed by atoms with E-state index in [-0.39, 0.29) is 10.8 Å². The Kier molecular flexibility index (Phi) is 2.07. The quantitative estimate of drug-likeness (QED) is 0.776. The van der Waals surface area contributed by atoms with Gasteiger partial charge in [0.25, 0.3) is 0 Å². The van der Waals surface area contributed by atoms with Gasteiger partial charge in [-0.3, -0.25) is 0 Å².